The molecule has 1 amide bonds. The minimum Gasteiger partial charge on any atom is -0.405 e. The van der Waals surface area contributed by atoms with Crippen molar-refractivity contribution in [1.82, 2.24) is 10.2 Å². The SMILES string of the molecule is O=C1CC(Br)CN1c1nnc(C2CCCO2)o1. The van der Waals surface area contributed by atoms with Crippen LogP contribution >= 0.6 is 15.9 Å². The number of rotatable bonds is 2. The van der Waals surface area contributed by atoms with E-state index in [1.165, 1.54) is 4.90 Å². The molecule has 3 heterocycles. The largest absolute Gasteiger partial charge is 0.405 e. The van der Waals surface area contributed by atoms with Gasteiger partial charge in [0.2, 0.25) is 11.8 Å². The second kappa shape index (κ2) is 4.38. The molecule has 3 rings (SSSR count). The molecule has 1 aromatic heterocycles. The van der Waals surface area contributed by atoms with E-state index in [-0.39, 0.29) is 22.9 Å². The molecule has 17 heavy (non-hydrogen) atoms. The number of halogens is 1. The maximum atomic E-state index is 11.7. The fraction of sp³-hybridized carbons (Fsp3) is 0.700. The van der Waals surface area contributed by atoms with Gasteiger partial charge in [-0.25, -0.2) is 0 Å². The third-order valence-electron chi connectivity index (χ3n) is 2.94. The van der Waals surface area contributed by atoms with Gasteiger partial charge in [0.15, 0.2) is 0 Å². The average molecular weight is 302 g/mol. The zero-order valence-electron chi connectivity index (χ0n) is 9.13. The van der Waals surface area contributed by atoms with Gasteiger partial charge in [-0.3, -0.25) is 9.69 Å². The zero-order valence-corrected chi connectivity index (χ0v) is 10.7. The van der Waals surface area contributed by atoms with E-state index in [9.17, 15) is 4.79 Å². The normalized spacial score (nSPS) is 29.2. The highest BCUT2D eigenvalue weighted by Gasteiger charge is 2.33. The summed E-state index contributed by atoms with van der Waals surface area (Å²) in [7, 11) is 0. The summed E-state index contributed by atoms with van der Waals surface area (Å²) in [6, 6.07) is 0.280. The zero-order chi connectivity index (χ0) is 11.8. The van der Waals surface area contributed by atoms with Crippen LogP contribution in [0, 0.1) is 0 Å². The Morgan fingerprint density at radius 1 is 1.41 bits per heavy atom. The Morgan fingerprint density at radius 3 is 2.94 bits per heavy atom. The van der Waals surface area contributed by atoms with Crippen molar-refractivity contribution in [2.75, 3.05) is 18.1 Å². The van der Waals surface area contributed by atoms with E-state index in [2.05, 4.69) is 26.1 Å². The highest BCUT2D eigenvalue weighted by molar-refractivity contribution is 9.09. The Labute approximate surface area is 106 Å². The number of aromatic nitrogens is 2. The van der Waals surface area contributed by atoms with Crippen molar-refractivity contribution in [3.05, 3.63) is 5.89 Å². The molecule has 2 saturated heterocycles. The molecular formula is C10H12BrN3O3. The van der Waals surface area contributed by atoms with Crippen LogP contribution in [0.5, 0.6) is 0 Å². The fourth-order valence-electron chi connectivity index (χ4n) is 2.09. The topological polar surface area (TPSA) is 68.5 Å². The number of amides is 1. The van der Waals surface area contributed by atoms with E-state index < -0.39 is 0 Å². The molecule has 2 atom stereocenters. The van der Waals surface area contributed by atoms with Gasteiger partial charge in [-0.15, -0.1) is 5.10 Å². The van der Waals surface area contributed by atoms with Crippen LogP contribution in [0.2, 0.25) is 0 Å². The number of anilines is 1. The lowest BCUT2D eigenvalue weighted by Gasteiger charge is -2.09. The molecule has 92 valence electrons. The first-order valence-corrected chi connectivity index (χ1v) is 6.55. The Morgan fingerprint density at radius 2 is 2.29 bits per heavy atom. The molecule has 0 bridgehead atoms. The predicted octanol–water partition coefficient (Wildman–Crippen LogP) is 1.42. The summed E-state index contributed by atoms with van der Waals surface area (Å²) < 4.78 is 11.0. The van der Waals surface area contributed by atoms with Crippen molar-refractivity contribution < 1.29 is 13.9 Å². The number of carbonyl (C=O) groups is 1. The lowest BCUT2D eigenvalue weighted by molar-refractivity contribution is -0.117. The van der Waals surface area contributed by atoms with E-state index in [1.807, 2.05) is 0 Å². The van der Waals surface area contributed by atoms with Gasteiger partial charge < -0.3 is 9.15 Å². The Kier molecular flexibility index (Phi) is 2.87. The van der Waals surface area contributed by atoms with Crippen LogP contribution in [0.25, 0.3) is 0 Å². The molecule has 0 aliphatic carbocycles. The smallest absolute Gasteiger partial charge is 0.325 e. The van der Waals surface area contributed by atoms with Crippen LogP contribution in [0.1, 0.15) is 31.3 Å². The van der Waals surface area contributed by atoms with Gasteiger partial charge >= 0.3 is 6.01 Å². The second-order valence-electron chi connectivity index (χ2n) is 4.23. The number of alkyl halides is 1. The molecule has 0 radical (unpaired) electrons. The molecule has 6 nitrogen and oxygen atoms in total. The lowest BCUT2D eigenvalue weighted by Crippen LogP contribution is -2.24. The second-order valence-corrected chi connectivity index (χ2v) is 5.53. The number of hydrogen-bond donors (Lipinski definition) is 0. The van der Waals surface area contributed by atoms with Crippen LogP contribution in [0.4, 0.5) is 6.01 Å². The van der Waals surface area contributed by atoms with Gasteiger partial charge in [-0.1, -0.05) is 21.0 Å². The van der Waals surface area contributed by atoms with Gasteiger partial charge in [0.25, 0.3) is 0 Å². The van der Waals surface area contributed by atoms with Crippen molar-refractivity contribution in [2.45, 2.75) is 30.2 Å². The average Bonchev–Trinajstić information content (AvgIpc) is 2.97. The van der Waals surface area contributed by atoms with E-state index in [0.717, 1.165) is 19.4 Å². The van der Waals surface area contributed by atoms with E-state index in [1.54, 1.807) is 0 Å². The lowest BCUT2D eigenvalue weighted by atomic mass is 10.2. The summed E-state index contributed by atoms with van der Waals surface area (Å²) >= 11 is 3.41. The van der Waals surface area contributed by atoms with Crippen molar-refractivity contribution >= 4 is 27.9 Å². The maximum Gasteiger partial charge on any atom is 0.325 e. The summed E-state index contributed by atoms with van der Waals surface area (Å²) in [6.45, 7) is 1.31. The van der Waals surface area contributed by atoms with E-state index in [0.29, 0.717) is 18.9 Å². The summed E-state index contributed by atoms with van der Waals surface area (Å²) in [6.07, 6.45) is 2.27. The first-order valence-electron chi connectivity index (χ1n) is 5.63. The summed E-state index contributed by atoms with van der Waals surface area (Å²) in [5, 5.41) is 7.87. The molecule has 2 fully saturated rings. The minimum atomic E-state index is -0.103. The molecule has 2 aliphatic heterocycles. The molecule has 0 spiro atoms. The molecule has 0 N–H and O–H groups in total. The summed E-state index contributed by atoms with van der Waals surface area (Å²) in [5.74, 6) is 0.484. The van der Waals surface area contributed by atoms with Gasteiger partial charge in [-0.2, -0.15) is 0 Å². The summed E-state index contributed by atoms with van der Waals surface area (Å²) in [5.41, 5.74) is 0. The van der Waals surface area contributed by atoms with Gasteiger partial charge in [-0.05, 0) is 12.8 Å². The van der Waals surface area contributed by atoms with E-state index in [4.69, 9.17) is 9.15 Å². The third-order valence-corrected chi connectivity index (χ3v) is 3.56. The van der Waals surface area contributed by atoms with Gasteiger partial charge in [0, 0.05) is 24.4 Å². The molecule has 2 unspecified atom stereocenters. The van der Waals surface area contributed by atoms with Crippen LogP contribution in [0.15, 0.2) is 4.42 Å². The highest BCUT2D eigenvalue weighted by atomic mass is 79.9. The van der Waals surface area contributed by atoms with Crippen molar-refractivity contribution in [3.8, 4) is 0 Å². The van der Waals surface area contributed by atoms with Gasteiger partial charge in [0.05, 0.1) is 0 Å². The molecule has 0 saturated carbocycles. The standard InChI is InChI=1S/C10H12BrN3O3/c11-6-4-8(15)14(5-6)10-13-12-9(17-10)7-2-1-3-16-7/h6-7H,1-5H2. The quantitative estimate of drug-likeness (QED) is 0.773. The first kappa shape index (κ1) is 11.2. The molecule has 7 heteroatoms. The highest BCUT2D eigenvalue weighted by Crippen LogP contribution is 2.30. The van der Waals surface area contributed by atoms with Crippen molar-refractivity contribution in [2.24, 2.45) is 0 Å². The fourth-order valence-corrected chi connectivity index (χ4v) is 2.65. The van der Waals surface area contributed by atoms with Crippen LogP contribution in [-0.2, 0) is 9.53 Å². The number of nitrogens with zero attached hydrogens (tertiary/aromatic N) is 3. The molecular weight excluding hydrogens is 290 g/mol. The summed E-state index contributed by atoms with van der Waals surface area (Å²) in [4.78, 5) is 13.3. The number of ether oxygens (including phenoxy) is 1. The van der Waals surface area contributed by atoms with Crippen molar-refractivity contribution in [1.29, 1.82) is 0 Å². The Bertz CT molecular complexity index is 430. The monoisotopic (exact) mass is 301 g/mol. The van der Waals surface area contributed by atoms with E-state index >= 15 is 0 Å². The van der Waals surface area contributed by atoms with Gasteiger partial charge in [0.1, 0.15) is 6.10 Å². The molecule has 2 aliphatic rings. The number of carbonyl (C=O) groups excluding carboxylic acids is 1. The van der Waals surface area contributed by atoms with Crippen LogP contribution in [-0.4, -0.2) is 34.1 Å². The number of hydrogen-bond acceptors (Lipinski definition) is 5. The van der Waals surface area contributed by atoms with Crippen LogP contribution < -0.4 is 4.90 Å². The minimum absolute atomic E-state index is 0.00872. The Hall–Kier alpha value is -0.950. The predicted molar refractivity (Wildman–Crippen MR) is 61.9 cm³/mol. The first-order chi connectivity index (χ1) is 8.24. The molecule has 1 aromatic rings. The maximum absolute atomic E-state index is 11.7. The molecule has 0 aromatic carbocycles. The van der Waals surface area contributed by atoms with Crippen molar-refractivity contribution in [3.63, 3.8) is 0 Å². The third kappa shape index (κ3) is 2.09. The Balaban J connectivity index is 1.78. The van der Waals surface area contributed by atoms with Crippen LogP contribution in [0.3, 0.4) is 0 Å².